The first-order valence-corrected chi connectivity index (χ1v) is 6.69. The zero-order chi connectivity index (χ0) is 13.1. The second-order valence-electron chi connectivity index (χ2n) is 4.52. The summed E-state index contributed by atoms with van der Waals surface area (Å²) in [6.45, 7) is 4.03. The van der Waals surface area contributed by atoms with Crippen LogP contribution in [0.3, 0.4) is 0 Å². The highest BCUT2D eigenvalue weighted by Crippen LogP contribution is 2.23. The average molecular weight is 306 g/mol. The summed E-state index contributed by atoms with van der Waals surface area (Å²) in [4.78, 5) is 8.86. The van der Waals surface area contributed by atoms with Crippen LogP contribution in [0, 0.1) is 6.92 Å². The molecule has 4 heteroatoms. The number of hydrogen-bond donors (Lipinski definition) is 1. The zero-order valence-corrected chi connectivity index (χ0v) is 12.1. The molecule has 0 saturated heterocycles. The number of hydrogen-bond acceptors (Lipinski definition) is 3. The molecule has 1 atom stereocenters. The Hall–Kier alpha value is -1.26. The van der Waals surface area contributed by atoms with E-state index < -0.39 is 0 Å². The number of benzene rings is 1. The maximum Gasteiger partial charge on any atom is 0.159 e. The molecule has 1 aromatic carbocycles. The van der Waals surface area contributed by atoms with Crippen molar-refractivity contribution in [2.45, 2.75) is 26.3 Å². The van der Waals surface area contributed by atoms with Gasteiger partial charge in [0.1, 0.15) is 0 Å². The van der Waals surface area contributed by atoms with Crippen molar-refractivity contribution >= 4 is 15.9 Å². The number of halogens is 1. The molecule has 0 bridgehead atoms. The Morgan fingerprint density at radius 1 is 1.33 bits per heavy atom. The van der Waals surface area contributed by atoms with Gasteiger partial charge in [0, 0.05) is 34.4 Å². The fourth-order valence-corrected chi connectivity index (χ4v) is 2.09. The summed E-state index contributed by atoms with van der Waals surface area (Å²) >= 11 is 3.53. The summed E-state index contributed by atoms with van der Waals surface area (Å²) in [5.74, 6) is 0.744. The Balaban J connectivity index is 2.35. The van der Waals surface area contributed by atoms with Crippen molar-refractivity contribution in [3.05, 3.63) is 46.2 Å². The Kier molecular flexibility index (Phi) is 4.09. The smallest absolute Gasteiger partial charge is 0.159 e. The van der Waals surface area contributed by atoms with Crippen LogP contribution >= 0.6 is 15.9 Å². The maximum absolute atomic E-state index is 5.79. The van der Waals surface area contributed by atoms with Gasteiger partial charge in [-0.15, -0.1) is 0 Å². The fraction of sp³-hybridized carbons (Fsp3) is 0.286. The van der Waals surface area contributed by atoms with Crippen LogP contribution in [0.2, 0.25) is 0 Å². The van der Waals surface area contributed by atoms with Crippen LogP contribution in [0.15, 0.2) is 34.9 Å². The maximum atomic E-state index is 5.79. The highest BCUT2D eigenvalue weighted by Gasteiger charge is 2.06. The third-order valence-corrected chi connectivity index (χ3v) is 3.53. The molecule has 2 N–H and O–H groups in total. The van der Waals surface area contributed by atoms with Gasteiger partial charge in [0.25, 0.3) is 0 Å². The molecule has 0 radical (unpaired) electrons. The molecule has 0 saturated carbocycles. The van der Waals surface area contributed by atoms with Crippen molar-refractivity contribution in [2.24, 2.45) is 5.73 Å². The van der Waals surface area contributed by atoms with Crippen LogP contribution in [0.1, 0.15) is 18.2 Å². The first kappa shape index (κ1) is 13.2. The molecular formula is C14H16BrN3. The lowest BCUT2D eigenvalue weighted by molar-refractivity contribution is 0.720. The van der Waals surface area contributed by atoms with Crippen molar-refractivity contribution in [3.8, 4) is 11.4 Å². The highest BCUT2D eigenvalue weighted by atomic mass is 79.9. The lowest BCUT2D eigenvalue weighted by atomic mass is 10.1. The normalized spacial score (nSPS) is 12.4. The molecule has 3 nitrogen and oxygen atoms in total. The van der Waals surface area contributed by atoms with Crippen molar-refractivity contribution < 1.29 is 0 Å². The van der Waals surface area contributed by atoms with E-state index in [1.54, 1.807) is 6.20 Å². The summed E-state index contributed by atoms with van der Waals surface area (Å²) in [6, 6.07) is 8.15. The lowest BCUT2D eigenvalue weighted by Crippen LogP contribution is -2.18. The molecule has 2 aromatic rings. The molecule has 1 aromatic heterocycles. The number of rotatable bonds is 3. The van der Waals surface area contributed by atoms with E-state index in [0.29, 0.717) is 0 Å². The summed E-state index contributed by atoms with van der Waals surface area (Å²) in [6.07, 6.45) is 2.55. The minimum absolute atomic E-state index is 0.109. The molecule has 18 heavy (non-hydrogen) atoms. The largest absolute Gasteiger partial charge is 0.328 e. The standard InChI is InChI=1S/C14H16BrN3/c1-9-3-4-11(8-13(9)15)14-17-6-5-12(18-14)7-10(2)16/h3-6,8,10H,7,16H2,1-2H3. The molecule has 0 amide bonds. The number of nitrogens with two attached hydrogens (primary N) is 1. The Labute approximate surface area is 116 Å². The highest BCUT2D eigenvalue weighted by molar-refractivity contribution is 9.10. The van der Waals surface area contributed by atoms with Gasteiger partial charge in [-0.05, 0) is 31.5 Å². The van der Waals surface area contributed by atoms with Gasteiger partial charge in [0.05, 0.1) is 0 Å². The molecule has 0 aliphatic rings. The van der Waals surface area contributed by atoms with Gasteiger partial charge >= 0.3 is 0 Å². The summed E-state index contributed by atoms with van der Waals surface area (Å²) in [5.41, 5.74) is 8.98. The first-order valence-electron chi connectivity index (χ1n) is 5.90. The van der Waals surface area contributed by atoms with Gasteiger partial charge in [0.15, 0.2) is 5.82 Å². The van der Waals surface area contributed by atoms with Gasteiger partial charge in [-0.2, -0.15) is 0 Å². The zero-order valence-electron chi connectivity index (χ0n) is 10.5. The molecule has 0 spiro atoms. The van der Waals surface area contributed by atoms with Crippen molar-refractivity contribution in [3.63, 3.8) is 0 Å². The predicted octanol–water partition coefficient (Wildman–Crippen LogP) is 3.10. The second kappa shape index (κ2) is 5.59. The predicted molar refractivity (Wildman–Crippen MR) is 77.3 cm³/mol. The van der Waals surface area contributed by atoms with Gasteiger partial charge in [-0.1, -0.05) is 28.1 Å². The number of nitrogens with zero attached hydrogens (tertiary/aromatic N) is 2. The van der Waals surface area contributed by atoms with E-state index in [4.69, 9.17) is 5.73 Å². The van der Waals surface area contributed by atoms with Crippen LogP contribution < -0.4 is 5.73 Å². The molecule has 1 heterocycles. The minimum atomic E-state index is 0.109. The van der Waals surface area contributed by atoms with E-state index in [2.05, 4.69) is 38.9 Å². The topological polar surface area (TPSA) is 51.8 Å². The van der Waals surface area contributed by atoms with Crippen LogP contribution in [0.4, 0.5) is 0 Å². The minimum Gasteiger partial charge on any atom is -0.328 e. The van der Waals surface area contributed by atoms with E-state index in [1.165, 1.54) is 5.56 Å². The first-order chi connectivity index (χ1) is 8.56. The Morgan fingerprint density at radius 2 is 2.11 bits per heavy atom. The quantitative estimate of drug-likeness (QED) is 0.948. The Bertz CT molecular complexity index is 552. The summed E-state index contributed by atoms with van der Waals surface area (Å²) in [5, 5.41) is 0. The summed E-state index contributed by atoms with van der Waals surface area (Å²) in [7, 11) is 0. The van der Waals surface area contributed by atoms with Gasteiger partial charge in [-0.3, -0.25) is 0 Å². The molecule has 0 aliphatic heterocycles. The molecule has 94 valence electrons. The third-order valence-electron chi connectivity index (χ3n) is 2.67. The lowest BCUT2D eigenvalue weighted by Gasteiger charge is -2.07. The van der Waals surface area contributed by atoms with Crippen LogP contribution in [-0.2, 0) is 6.42 Å². The molecular weight excluding hydrogens is 290 g/mol. The van der Waals surface area contributed by atoms with Crippen LogP contribution in [0.5, 0.6) is 0 Å². The Morgan fingerprint density at radius 3 is 2.78 bits per heavy atom. The van der Waals surface area contributed by atoms with E-state index in [1.807, 2.05) is 25.1 Å². The second-order valence-corrected chi connectivity index (χ2v) is 5.37. The summed E-state index contributed by atoms with van der Waals surface area (Å²) < 4.78 is 1.07. The molecule has 2 rings (SSSR count). The average Bonchev–Trinajstić information content (AvgIpc) is 2.32. The van der Waals surface area contributed by atoms with Crippen molar-refractivity contribution in [1.82, 2.24) is 9.97 Å². The molecule has 1 unspecified atom stereocenters. The van der Waals surface area contributed by atoms with Crippen LogP contribution in [-0.4, -0.2) is 16.0 Å². The van der Waals surface area contributed by atoms with E-state index >= 15 is 0 Å². The van der Waals surface area contributed by atoms with E-state index in [-0.39, 0.29) is 6.04 Å². The van der Waals surface area contributed by atoms with Gasteiger partial charge in [0.2, 0.25) is 0 Å². The molecule has 0 aliphatic carbocycles. The SMILES string of the molecule is Cc1ccc(-c2nccc(CC(C)N)n2)cc1Br. The third kappa shape index (κ3) is 3.15. The van der Waals surface area contributed by atoms with Gasteiger partial charge < -0.3 is 5.73 Å². The van der Waals surface area contributed by atoms with Crippen molar-refractivity contribution in [2.75, 3.05) is 0 Å². The number of aryl methyl sites for hydroxylation is 1. The van der Waals surface area contributed by atoms with Crippen molar-refractivity contribution in [1.29, 1.82) is 0 Å². The van der Waals surface area contributed by atoms with Gasteiger partial charge in [-0.25, -0.2) is 9.97 Å². The van der Waals surface area contributed by atoms with Crippen LogP contribution in [0.25, 0.3) is 11.4 Å². The monoisotopic (exact) mass is 305 g/mol. The van der Waals surface area contributed by atoms with E-state index in [9.17, 15) is 0 Å². The number of aromatic nitrogens is 2. The fourth-order valence-electron chi connectivity index (χ4n) is 1.71. The molecule has 0 fully saturated rings. The van der Waals surface area contributed by atoms with E-state index in [0.717, 1.165) is 28.0 Å².